The zero-order valence-electron chi connectivity index (χ0n) is 13.0. The molecule has 0 radical (unpaired) electrons. The highest BCUT2D eigenvalue weighted by atomic mass is 16.2. The number of hydrogen-bond donors (Lipinski definition) is 1. The molecule has 0 saturated carbocycles. The van der Waals surface area contributed by atoms with Gasteiger partial charge in [0, 0.05) is 30.2 Å². The van der Waals surface area contributed by atoms with Crippen LogP contribution in [0.3, 0.4) is 0 Å². The summed E-state index contributed by atoms with van der Waals surface area (Å²) >= 11 is 0. The van der Waals surface area contributed by atoms with Gasteiger partial charge >= 0.3 is 0 Å². The fourth-order valence-electron chi connectivity index (χ4n) is 2.62. The highest BCUT2D eigenvalue weighted by molar-refractivity contribution is 5.81. The Balaban J connectivity index is 1.90. The first-order chi connectivity index (χ1) is 9.90. The summed E-state index contributed by atoms with van der Waals surface area (Å²) in [4.78, 5) is 14.2. The molecule has 4 heteroatoms. The molecule has 1 aliphatic heterocycles. The van der Waals surface area contributed by atoms with Crippen molar-refractivity contribution in [3.63, 3.8) is 0 Å². The van der Waals surface area contributed by atoms with Gasteiger partial charge in [-0.25, -0.2) is 0 Å². The van der Waals surface area contributed by atoms with Crippen LogP contribution in [-0.4, -0.2) is 29.9 Å². The summed E-state index contributed by atoms with van der Waals surface area (Å²) in [6, 6.07) is 10.1. The second-order valence-corrected chi connectivity index (χ2v) is 6.65. The largest absolute Gasteiger partial charge is 0.382 e. The second kappa shape index (κ2) is 6.17. The van der Waals surface area contributed by atoms with Crippen molar-refractivity contribution < 1.29 is 4.79 Å². The lowest BCUT2D eigenvalue weighted by Gasteiger charge is -2.36. The highest BCUT2D eigenvalue weighted by Gasteiger charge is 2.30. The van der Waals surface area contributed by atoms with Crippen LogP contribution in [0.15, 0.2) is 24.3 Å². The number of carbonyl (C=O) groups excluding carboxylic acids is 1. The standard InChI is InChI=1S/C17H23N3O/c1-17(2,3)16(21)20-9-7-14(8-10-20)19-15-6-4-5-13(11-15)12-18/h4-6,11,14,19H,7-10H2,1-3H3. The quantitative estimate of drug-likeness (QED) is 0.908. The third-order valence-electron chi connectivity index (χ3n) is 3.79. The van der Waals surface area contributed by atoms with Crippen molar-refractivity contribution in [3.8, 4) is 6.07 Å². The Kier molecular flexibility index (Phi) is 4.52. The zero-order chi connectivity index (χ0) is 15.5. The van der Waals surface area contributed by atoms with E-state index < -0.39 is 0 Å². The molecule has 1 amide bonds. The molecule has 2 rings (SSSR count). The van der Waals surface area contributed by atoms with Crippen molar-refractivity contribution >= 4 is 11.6 Å². The lowest BCUT2D eigenvalue weighted by molar-refractivity contribution is -0.140. The van der Waals surface area contributed by atoms with Gasteiger partial charge in [-0.3, -0.25) is 4.79 Å². The van der Waals surface area contributed by atoms with Crippen molar-refractivity contribution in [1.82, 2.24) is 4.90 Å². The summed E-state index contributed by atoms with van der Waals surface area (Å²) in [6.07, 6.45) is 1.89. The van der Waals surface area contributed by atoms with Crippen molar-refractivity contribution in [2.45, 2.75) is 39.7 Å². The highest BCUT2D eigenvalue weighted by Crippen LogP contribution is 2.22. The topological polar surface area (TPSA) is 56.1 Å². The molecular weight excluding hydrogens is 262 g/mol. The normalized spacial score (nSPS) is 16.4. The molecule has 0 unspecified atom stereocenters. The van der Waals surface area contributed by atoms with Crippen LogP contribution >= 0.6 is 0 Å². The summed E-state index contributed by atoms with van der Waals surface area (Å²) in [5.74, 6) is 0.229. The molecule has 0 aromatic heterocycles. The van der Waals surface area contributed by atoms with Gasteiger partial charge in [-0.05, 0) is 31.0 Å². The van der Waals surface area contributed by atoms with E-state index in [1.807, 2.05) is 43.9 Å². The summed E-state index contributed by atoms with van der Waals surface area (Å²) in [7, 11) is 0. The number of nitrogens with one attached hydrogen (secondary N) is 1. The van der Waals surface area contributed by atoms with E-state index in [0.29, 0.717) is 11.6 Å². The van der Waals surface area contributed by atoms with Crippen molar-refractivity contribution in [1.29, 1.82) is 5.26 Å². The van der Waals surface area contributed by atoms with Gasteiger partial charge in [-0.1, -0.05) is 26.8 Å². The molecule has 0 atom stereocenters. The number of amides is 1. The Hall–Kier alpha value is -2.02. The fraction of sp³-hybridized carbons (Fsp3) is 0.529. The van der Waals surface area contributed by atoms with Gasteiger partial charge in [0.2, 0.25) is 5.91 Å². The number of nitrogens with zero attached hydrogens (tertiary/aromatic N) is 2. The number of piperidine rings is 1. The van der Waals surface area contributed by atoms with Crippen LogP contribution in [0.1, 0.15) is 39.2 Å². The molecule has 1 aromatic carbocycles. The number of carbonyl (C=O) groups is 1. The van der Waals surface area contributed by atoms with E-state index in [9.17, 15) is 4.79 Å². The van der Waals surface area contributed by atoms with Gasteiger partial charge in [-0.2, -0.15) is 5.26 Å². The maximum Gasteiger partial charge on any atom is 0.227 e. The molecular formula is C17H23N3O. The number of rotatable bonds is 2. The molecule has 1 heterocycles. The maximum atomic E-state index is 12.2. The van der Waals surface area contributed by atoms with E-state index in [0.717, 1.165) is 31.6 Å². The summed E-state index contributed by atoms with van der Waals surface area (Å²) in [5, 5.41) is 12.4. The monoisotopic (exact) mass is 285 g/mol. The van der Waals surface area contributed by atoms with Crippen LogP contribution in [0.25, 0.3) is 0 Å². The van der Waals surface area contributed by atoms with Crippen LogP contribution in [0.5, 0.6) is 0 Å². The minimum absolute atomic E-state index is 0.229. The number of anilines is 1. The number of benzene rings is 1. The first-order valence-electron chi connectivity index (χ1n) is 7.46. The first-order valence-corrected chi connectivity index (χ1v) is 7.46. The van der Waals surface area contributed by atoms with E-state index in [1.165, 1.54) is 0 Å². The molecule has 0 bridgehead atoms. The average Bonchev–Trinajstić information content (AvgIpc) is 2.46. The Bertz CT molecular complexity index is 546. The third kappa shape index (κ3) is 3.98. The van der Waals surface area contributed by atoms with Crippen LogP contribution in [0.2, 0.25) is 0 Å². The van der Waals surface area contributed by atoms with Crippen LogP contribution in [0, 0.1) is 16.7 Å². The van der Waals surface area contributed by atoms with Crippen molar-refractivity contribution in [3.05, 3.63) is 29.8 Å². The van der Waals surface area contributed by atoms with Crippen molar-refractivity contribution in [2.75, 3.05) is 18.4 Å². The zero-order valence-corrected chi connectivity index (χ0v) is 13.0. The SMILES string of the molecule is CC(C)(C)C(=O)N1CCC(Nc2cccc(C#N)c2)CC1. The fourth-order valence-corrected chi connectivity index (χ4v) is 2.62. The molecule has 1 aliphatic rings. The van der Waals surface area contributed by atoms with Crippen LogP contribution < -0.4 is 5.32 Å². The minimum atomic E-state index is -0.304. The van der Waals surface area contributed by atoms with Gasteiger partial charge in [-0.15, -0.1) is 0 Å². The van der Waals surface area contributed by atoms with E-state index in [2.05, 4.69) is 11.4 Å². The van der Waals surface area contributed by atoms with Gasteiger partial charge in [0.15, 0.2) is 0 Å². The lowest BCUT2D eigenvalue weighted by atomic mass is 9.93. The number of likely N-dealkylation sites (tertiary alicyclic amines) is 1. The molecule has 1 saturated heterocycles. The Morgan fingerprint density at radius 1 is 1.33 bits per heavy atom. The Morgan fingerprint density at radius 2 is 2.00 bits per heavy atom. The lowest BCUT2D eigenvalue weighted by Crippen LogP contribution is -2.46. The van der Waals surface area contributed by atoms with Crippen LogP contribution in [-0.2, 0) is 4.79 Å². The molecule has 1 aromatic rings. The number of hydrogen-bond acceptors (Lipinski definition) is 3. The van der Waals surface area contributed by atoms with Gasteiger partial charge < -0.3 is 10.2 Å². The summed E-state index contributed by atoms with van der Waals surface area (Å²) in [5.41, 5.74) is 1.34. The minimum Gasteiger partial charge on any atom is -0.382 e. The molecule has 0 aliphatic carbocycles. The average molecular weight is 285 g/mol. The van der Waals surface area contributed by atoms with Crippen LogP contribution in [0.4, 0.5) is 5.69 Å². The number of nitriles is 1. The Labute approximate surface area is 126 Å². The van der Waals surface area contributed by atoms with Gasteiger partial charge in [0.25, 0.3) is 0 Å². The van der Waals surface area contributed by atoms with E-state index in [-0.39, 0.29) is 11.3 Å². The maximum absolute atomic E-state index is 12.2. The Morgan fingerprint density at radius 3 is 2.57 bits per heavy atom. The first kappa shape index (κ1) is 15.4. The van der Waals surface area contributed by atoms with Crippen molar-refractivity contribution in [2.24, 2.45) is 5.41 Å². The van der Waals surface area contributed by atoms with E-state index >= 15 is 0 Å². The molecule has 0 spiro atoms. The third-order valence-corrected chi connectivity index (χ3v) is 3.79. The summed E-state index contributed by atoms with van der Waals surface area (Å²) in [6.45, 7) is 7.49. The summed E-state index contributed by atoms with van der Waals surface area (Å²) < 4.78 is 0. The molecule has 21 heavy (non-hydrogen) atoms. The van der Waals surface area contributed by atoms with Gasteiger partial charge in [0.05, 0.1) is 11.6 Å². The molecule has 4 nitrogen and oxygen atoms in total. The molecule has 1 N–H and O–H groups in total. The molecule has 1 fully saturated rings. The smallest absolute Gasteiger partial charge is 0.227 e. The van der Waals surface area contributed by atoms with E-state index in [4.69, 9.17) is 5.26 Å². The van der Waals surface area contributed by atoms with E-state index in [1.54, 1.807) is 6.07 Å². The van der Waals surface area contributed by atoms with Gasteiger partial charge in [0.1, 0.15) is 0 Å². The predicted molar refractivity (Wildman–Crippen MR) is 83.8 cm³/mol. The predicted octanol–water partition coefficient (Wildman–Crippen LogP) is 3.01. The second-order valence-electron chi connectivity index (χ2n) is 6.65. The molecule has 112 valence electrons.